The van der Waals surface area contributed by atoms with Crippen LogP contribution in [0.15, 0.2) is 18.2 Å². The smallest absolute Gasteiger partial charge is 0.127 e. The normalized spacial score (nSPS) is 20.8. The fourth-order valence-electron chi connectivity index (χ4n) is 4.78. The first-order valence-electron chi connectivity index (χ1n) is 9.44. The molecular formula is C23H28O2. The predicted molar refractivity (Wildman–Crippen MR) is 102 cm³/mol. The van der Waals surface area contributed by atoms with Crippen molar-refractivity contribution in [2.75, 3.05) is 0 Å². The Balaban J connectivity index is 1.92. The molecule has 1 aliphatic heterocycles. The number of fused-ring (bicyclic) bond motifs is 2. The van der Waals surface area contributed by atoms with E-state index >= 15 is 0 Å². The molecule has 1 atom stereocenters. The van der Waals surface area contributed by atoms with Crippen molar-refractivity contribution in [3.8, 4) is 11.5 Å². The standard InChI is InChI=1S/C23H28O2/c1-13-14(2)22-19(15(3)21(13)24)20(23(4,5)25-22)18-11-10-16-8-6-7-9-17(16)12-18/h10-12,20,24H,6-9H2,1-5H3. The van der Waals surface area contributed by atoms with Gasteiger partial charge < -0.3 is 9.84 Å². The van der Waals surface area contributed by atoms with Gasteiger partial charge in [0.1, 0.15) is 17.1 Å². The van der Waals surface area contributed by atoms with Crippen LogP contribution in [0.25, 0.3) is 0 Å². The molecule has 0 amide bonds. The Morgan fingerprint density at radius 2 is 1.64 bits per heavy atom. The van der Waals surface area contributed by atoms with Gasteiger partial charge in [0.25, 0.3) is 0 Å². The third-order valence-corrected chi connectivity index (χ3v) is 6.32. The van der Waals surface area contributed by atoms with Gasteiger partial charge in [0.15, 0.2) is 0 Å². The lowest BCUT2D eigenvalue weighted by Crippen LogP contribution is -2.31. The molecule has 4 rings (SSSR count). The molecule has 0 saturated heterocycles. The second kappa shape index (κ2) is 5.52. The largest absolute Gasteiger partial charge is 0.507 e. The lowest BCUT2D eigenvalue weighted by Gasteiger charge is -2.28. The Morgan fingerprint density at radius 3 is 2.36 bits per heavy atom. The predicted octanol–water partition coefficient (Wildman–Crippen LogP) is 5.50. The maximum Gasteiger partial charge on any atom is 0.127 e. The number of aromatic hydroxyl groups is 1. The number of phenols is 1. The topological polar surface area (TPSA) is 29.5 Å². The van der Waals surface area contributed by atoms with Crippen LogP contribution in [-0.2, 0) is 12.8 Å². The van der Waals surface area contributed by atoms with E-state index in [1.165, 1.54) is 47.9 Å². The van der Waals surface area contributed by atoms with E-state index < -0.39 is 0 Å². The van der Waals surface area contributed by atoms with Gasteiger partial charge in [-0.3, -0.25) is 0 Å². The fourth-order valence-corrected chi connectivity index (χ4v) is 4.78. The van der Waals surface area contributed by atoms with Gasteiger partial charge in [-0.15, -0.1) is 0 Å². The number of benzene rings is 2. The summed E-state index contributed by atoms with van der Waals surface area (Å²) in [7, 11) is 0. The van der Waals surface area contributed by atoms with E-state index in [0.717, 1.165) is 22.4 Å². The van der Waals surface area contributed by atoms with Gasteiger partial charge in [-0.25, -0.2) is 0 Å². The number of ether oxygens (including phenoxy) is 1. The van der Waals surface area contributed by atoms with Crippen LogP contribution in [0.5, 0.6) is 11.5 Å². The van der Waals surface area contributed by atoms with E-state index in [1.54, 1.807) is 0 Å². The highest BCUT2D eigenvalue weighted by Gasteiger charge is 2.45. The highest BCUT2D eigenvalue weighted by atomic mass is 16.5. The van der Waals surface area contributed by atoms with Crippen LogP contribution in [0, 0.1) is 20.8 Å². The highest BCUT2D eigenvalue weighted by Crippen LogP contribution is 2.54. The molecule has 0 bridgehead atoms. The van der Waals surface area contributed by atoms with Crippen LogP contribution in [0.2, 0.25) is 0 Å². The van der Waals surface area contributed by atoms with Gasteiger partial charge in [0.05, 0.1) is 5.92 Å². The van der Waals surface area contributed by atoms with Gasteiger partial charge in [-0.2, -0.15) is 0 Å². The van der Waals surface area contributed by atoms with Crippen LogP contribution in [0.3, 0.4) is 0 Å². The molecule has 0 fully saturated rings. The Kier molecular flexibility index (Phi) is 3.64. The van der Waals surface area contributed by atoms with Gasteiger partial charge >= 0.3 is 0 Å². The average molecular weight is 336 g/mol. The number of phenolic OH excluding ortho intramolecular Hbond substituents is 1. The average Bonchev–Trinajstić information content (AvgIpc) is 2.89. The number of hydrogen-bond acceptors (Lipinski definition) is 2. The Bertz CT molecular complexity index is 861. The van der Waals surface area contributed by atoms with Crippen molar-refractivity contribution in [2.45, 2.75) is 71.8 Å². The van der Waals surface area contributed by atoms with Crippen molar-refractivity contribution in [3.63, 3.8) is 0 Å². The SMILES string of the molecule is Cc1c(C)c2c(c(C)c1O)C(c1ccc3c(c1)CCCC3)C(C)(C)O2. The monoisotopic (exact) mass is 336 g/mol. The molecule has 2 nitrogen and oxygen atoms in total. The van der Waals surface area contributed by atoms with Crippen molar-refractivity contribution in [1.29, 1.82) is 0 Å². The van der Waals surface area contributed by atoms with Crippen LogP contribution in [-0.4, -0.2) is 10.7 Å². The van der Waals surface area contributed by atoms with E-state index in [4.69, 9.17) is 4.74 Å². The number of rotatable bonds is 1. The van der Waals surface area contributed by atoms with E-state index in [1.807, 2.05) is 13.8 Å². The van der Waals surface area contributed by atoms with Crippen molar-refractivity contribution >= 4 is 0 Å². The van der Waals surface area contributed by atoms with Crippen LogP contribution in [0.1, 0.15) is 71.6 Å². The Labute approximate surface area is 150 Å². The first-order chi connectivity index (χ1) is 11.8. The van der Waals surface area contributed by atoms with E-state index in [-0.39, 0.29) is 11.5 Å². The summed E-state index contributed by atoms with van der Waals surface area (Å²) in [5.41, 5.74) is 8.12. The number of aryl methyl sites for hydroxylation is 2. The van der Waals surface area contributed by atoms with Crippen molar-refractivity contribution in [3.05, 3.63) is 57.1 Å². The Hall–Kier alpha value is -1.96. The van der Waals surface area contributed by atoms with Gasteiger partial charge in [-0.1, -0.05) is 18.2 Å². The fraction of sp³-hybridized carbons (Fsp3) is 0.478. The number of hydrogen-bond donors (Lipinski definition) is 1. The molecule has 1 unspecified atom stereocenters. The zero-order chi connectivity index (χ0) is 17.9. The molecule has 2 heteroatoms. The summed E-state index contributed by atoms with van der Waals surface area (Å²) in [6.45, 7) is 10.4. The summed E-state index contributed by atoms with van der Waals surface area (Å²) in [4.78, 5) is 0. The highest BCUT2D eigenvalue weighted by molar-refractivity contribution is 5.63. The zero-order valence-corrected chi connectivity index (χ0v) is 16.0. The Morgan fingerprint density at radius 1 is 0.960 bits per heavy atom. The van der Waals surface area contributed by atoms with Crippen LogP contribution < -0.4 is 4.74 Å². The lowest BCUT2D eigenvalue weighted by molar-refractivity contribution is 0.121. The second-order valence-corrected chi connectivity index (χ2v) is 8.34. The lowest BCUT2D eigenvalue weighted by atomic mass is 9.77. The van der Waals surface area contributed by atoms with Gasteiger partial charge in [0.2, 0.25) is 0 Å². The van der Waals surface area contributed by atoms with Crippen LogP contribution >= 0.6 is 0 Å². The molecule has 1 N–H and O–H groups in total. The van der Waals surface area contributed by atoms with E-state index in [0.29, 0.717) is 5.75 Å². The summed E-state index contributed by atoms with van der Waals surface area (Å²) in [5, 5.41) is 10.6. The molecule has 1 heterocycles. The zero-order valence-electron chi connectivity index (χ0n) is 16.0. The first-order valence-corrected chi connectivity index (χ1v) is 9.44. The molecule has 25 heavy (non-hydrogen) atoms. The maximum atomic E-state index is 10.6. The molecule has 132 valence electrons. The van der Waals surface area contributed by atoms with Crippen LogP contribution in [0.4, 0.5) is 0 Å². The second-order valence-electron chi connectivity index (χ2n) is 8.34. The van der Waals surface area contributed by atoms with Crippen molar-refractivity contribution in [1.82, 2.24) is 0 Å². The summed E-state index contributed by atoms with van der Waals surface area (Å²) in [5.74, 6) is 1.54. The van der Waals surface area contributed by atoms with E-state index in [2.05, 4.69) is 39.0 Å². The van der Waals surface area contributed by atoms with Crippen molar-refractivity contribution < 1.29 is 9.84 Å². The third kappa shape index (κ3) is 2.38. The molecule has 2 aromatic carbocycles. The van der Waals surface area contributed by atoms with Gasteiger partial charge in [-0.05, 0) is 93.7 Å². The summed E-state index contributed by atoms with van der Waals surface area (Å²) < 4.78 is 6.44. The molecule has 0 saturated carbocycles. The van der Waals surface area contributed by atoms with Crippen molar-refractivity contribution in [2.24, 2.45) is 0 Å². The first kappa shape index (κ1) is 16.5. The summed E-state index contributed by atoms with van der Waals surface area (Å²) >= 11 is 0. The third-order valence-electron chi connectivity index (χ3n) is 6.32. The molecule has 0 radical (unpaired) electrons. The summed E-state index contributed by atoms with van der Waals surface area (Å²) in [6.07, 6.45) is 4.98. The molecule has 0 spiro atoms. The molecule has 1 aliphatic carbocycles. The molecular weight excluding hydrogens is 308 g/mol. The molecule has 0 aromatic heterocycles. The minimum absolute atomic E-state index is 0.153. The minimum Gasteiger partial charge on any atom is -0.507 e. The quantitative estimate of drug-likeness (QED) is 0.745. The maximum absolute atomic E-state index is 10.6. The minimum atomic E-state index is -0.318. The molecule has 2 aromatic rings. The van der Waals surface area contributed by atoms with Gasteiger partial charge in [0, 0.05) is 5.56 Å². The molecule has 2 aliphatic rings. The van der Waals surface area contributed by atoms with E-state index in [9.17, 15) is 5.11 Å². The summed E-state index contributed by atoms with van der Waals surface area (Å²) in [6, 6.07) is 6.99.